The van der Waals surface area contributed by atoms with Gasteiger partial charge in [0.1, 0.15) is 12.4 Å². The Bertz CT molecular complexity index is 163. The Hall–Kier alpha value is -0.370. The van der Waals surface area contributed by atoms with Gasteiger partial charge in [-0.25, -0.2) is 0 Å². The van der Waals surface area contributed by atoms with Crippen molar-refractivity contribution in [2.75, 3.05) is 6.61 Å². The van der Waals surface area contributed by atoms with E-state index in [0.717, 1.165) is 19.1 Å². The molecule has 0 aromatic heterocycles. The van der Waals surface area contributed by atoms with Gasteiger partial charge in [0.2, 0.25) is 0 Å². The highest BCUT2D eigenvalue weighted by atomic mass is 16.5. The fourth-order valence-electron chi connectivity index (χ4n) is 1.98. The summed E-state index contributed by atoms with van der Waals surface area (Å²) >= 11 is 0. The number of aldehydes is 1. The molecule has 0 aromatic carbocycles. The van der Waals surface area contributed by atoms with E-state index in [0.29, 0.717) is 12.5 Å². The fraction of sp³-hybridized carbons (Fsp3) is 0.900. The lowest BCUT2D eigenvalue weighted by atomic mass is 9.83. The minimum Gasteiger partial charge on any atom is -0.370 e. The molecular weight excluding hydrogens is 152 g/mol. The molecule has 2 atom stereocenters. The Morgan fingerprint density at radius 3 is 2.75 bits per heavy atom. The van der Waals surface area contributed by atoms with Crippen LogP contribution in [0.4, 0.5) is 0 Å². The molecule has 70 valence electrons. The molecule has 0 spiro atoms. The molecule has 12 heavy (non-hydrogen) atoms. The quantitative estimate of drug-likeness (QED) is 0.563. The van der Waals surface area contributed by atoms with E-state index in [1.54, 1.807) is 0 Å². The molecule has 1 aliphatic rings. The maximum atomic E-state index is 10.5. The topological polar surface area (TPSA) is 26.3 Å². The van der Waals surface area contributed by atoms with Crippen molar-refractivity contribution in [1.82, 2.24) is 0 Å². The zero-order chi connectivity index (χ0) is 9.19. The Kier molecular flexibility index (Phi) is 2.89. The first-order valence-electron chi connectivity index (χ1n) is 4.60. The van der Waals surface area contributed by atoms with Crippen LogP contribution < -0.4 is 0 Å². The van der Waals surface area contributed by atoms with E-state index in [-0.39, 0.29) is 11.5 Å². The third-order valence-corrected chi connectivity index (χ3v) is 2.38. The van der Waals surface area contributed by atoms with Gasteiger partial charge in [-0.15, -0.1) is 0 Å². The third-order valence-electron chi connectivity index (χ3n) is 2.38. The molecule has 0 aromatic rings. The SMILES string of the molecule is CC1CC(C=O)OCC(C)(C)C1. The molecule has 2 nitrogen and oxygen atoms in total. The molecule has 1 rings (SSSR count). The van der Waals surface area contributed by atoms with E-state index in [4.69, 9.17) is 4.74 Å². The number of carbonyl (C=O) groups excluding carboxylic acids is 1. The minimum atomic E-state index is -0.165. The van der Waals surface area contributed by atoms with Crippen LogP contribution in [0.2, 0.25) is 0 Å². The Labute approximate surface area is 74.3 Å². The molecule has 0 aliphatic carbocycles. The van der Waals surface area contributed by atoms with Crippen molar-refractivity contribution in [3.63, 3.8) is 0 Å². The summed E-state index contributed by atoms with van der Waals surface area (Å²) in [6, 6.07) is 0. The van der Waals surface area contributed by atoms with Crippen molar-refractivity contribution in [3.05, 3.63) is 0 Å². The van der Waals surface area contributed by atoms with Gasteiger partial charge in [0.05, 0.1) is 6.61 Å². The van der Waals surface area contributed by atoms with Crippen molar-refractivity contribution >= 4 is 6.29 Å². The first-order valence-corrected chi connectivity index (χ1v) is 4.60. The summed E-state index contributed by atoms with van der Waals surface area (Å²) in [5.41, 5.74) is 0.233. The summed E-state index contributed by atoms with van der Waals surface area (Å²) in [5.74, 6) is 0.595. The van der Waals surface area contributed by atoms with Gasteiger partial charge in [0.25, 0.3) is 0 Å². The van der Waals surface area contributed by atoms with Crippen molar-refractivity contribution < 1.29 is 9.53 Å². The van der Waals surface area contributed by atoms with Gasteiger partial charge in [0, 0.05) is 0 Å². The average Bonchev–Trinajstić information content (AvgIpc) is 2.07. The summed E-state index contributed by atoms with van der Waals surface area (Å²) in [4.78, 5) is 10.5. The van der Waals surface area contributed by atoms with E-state index in [1.165, 1.54) is 0 Å². The molecule has 0 saturated carbocycles. The Morgan fingerprint density at radius 2 is 2.17 bits per heavy atom. The van der Waals surface area contributed by atoms with Crippen LogP contribution >= 0.6 is 0 Å². The highest BCUT2D eigenvalue weighted by Gasteiger charge is 2.28. The lowest BCUT2D eigenvalue weighted by molar-refractivity contribution is -0.119. The summed E-state index contributed by atoms with van der Waals surface area (Å²) in [6.45, 7) is 7.28. The highest BCUT2D eigenvalue weighted by molar-refractivity contribution is 5.55. The number of ether oxygens (including phenoxy) is 1. The number of rotatable bonds is 1. The lowest BCUT2D eigenvalue weighted by Crippen LogP contribution is -2.20. The normalized spacial score (nSPS) is 35.6. The predicted octanol–water partition coefficient (Wildman–Crippen LogP) is 2.03. The van der Waals surface area contributed by atoms with Crippen molar-refractivity contribution in [2.24, 2.45) is 11.3 Å². The van der Waals surface area contributed by atoms with E-state index < -0.39 is 0 Å². The van der Waals surface area contributed by atoms with Crippen LogP contribution in [0.15, 0.2) is 0 Å². The molecule has 0 bridgehead atoms. The van der Waals surface area contributed by atoms with Crippen molar-refractivity contribution in [3.8, 4) is 0 Å². The summed E-state index contributed by atoms with van der Waals surface area (Å²) < 4.78 is 5.47. The molecule has 1 aliphatic heterocycles. The second-order valence-corrected chi connectivity index (χ2v) is 4.69. The van der Waals surface area contributed by atoms with Crippen LogP contribution in [-0.2, 0) is 9.53 Å². The number of carbonyl (C=O) groups is 1. The molecule has 0 amide bonds. The van der Waals surface area contributed by atoms with Crippen molar-refractivity contribution in [1.29, 1.82) is 0 Å². The van der Waals surface area contributed by atoms with Gasteiger partial charge in [-0.05, 0) is 24.2 Å². The molecular formula is C10H18O2. The molecule has 2 unspecified atom stereocenters. The largest absolute Gasteiger partial charge is 0.370 e. The standard InChI is InChI=1S/C10H18O2/c1-8-4-9(6-11)12-7-10(2,3)5-8/h6,8-9H,4-5,7H2,1-3H3. The molecule has 0 radical (unpaired) electrons. The summed E-state index contributed by atoms with van der Waals surface area (Å²) in [5, 5.41) is 0. The van der Waals surface area contributed by atoms with Crippen LogP contribution in [0.5, 0.6) is 0 Å². The van der Waals surface area contributed by atoms with Crippen LogP contribution in [-0.4, -0.2) is 19.0 Å². The van der Waals surface area contributed by atoms with Gasteiger partial charge >= 0.3 is 0 Å². The van der Waals surface area contributed by atoms with E-state index in [9.17, 15) is 4.79 Å². The molecule has 1 saturated heterocycles. The first-order chi connectivity index (χ1) is 5.53. The van der Waals surface area contributed by atoms with E-state index in [2.05, 4.69) is 20.8 Å². The summed E-state index contributed by atoms with van der Waals surface area (Å²) in [6.07, 6.45) is 2.80. The zero-order valence-electron chi connectivity index (χ0n) is 8.17. The van der Waals surface area contributed by atoms with Crippen LogP contribution in [0.3, 0.4) is 0 Å². The maximum Gasteiger partial charge on any atom is 0.148 e. The van der Waals surface area contributed by atoms with Crippen LogP contribution in [0, 0.1) is 11.3 Å². The maximum absolute atomic E-state index is 10.5. The minimum absolute atomic E-state index is 0.165. The van der Waals surface area contributed by atoms with Gasteiger partial charge in [-0.2, -0.15) is 0 Å². The molecule has 2 heteroatoms. The third kappa shape index (κ3) is 2.59. The Morgan fingerprint density at radius 1 is 1.50 bits per heavy atom. The van der Waals surface area contributed by atoms with E-state index >= 15 is 0 Å². The monoisotopic (exact) mass is 170 g/mol. The smallest absolute Gasteiger partial charge is 0.148 e. The average molecular weight is 170 g/mol. The molecule has 0 N–H and O–H groups in total. The second-order valence-electron chi connectivity index (χ2n) is 4.69. The highest BCUT2D eigenvalue weighted by Crippen LogP contribution is 2.31. The molecule has 1 fully saturated rings. The number of hydrogen-bond donors (Lipinski definition) is 0. The van der Waals surface area contributed by atoms with E-state index in [1.807, 2.05) is 0 Å². The fourth-order valence-corrected chi connectivity index (χ4v) is 1.98. The number of hydrogen-bond acceptors (Lipinski definition) is 2. The van der Waals surface area contributed by atoms with Gasteiger partial charge < -0.3 is 9.53 Å². The second kappa shape index (κ2) is 3.56. The van der Waals surface area contributed by atoms with Crippen LogP contribution in [0.25, 0.3) is 0 Å². The summed E-state index contributed by atoms with van der Waals surface area (Å²) in [7, 11) is 0. The van der Waals surface area contributed by atoms with Crippen molar-refractivity contribution in [2.45, 2.75) is 39.7 Å². The van der Waals surface area contributed by atoms with Crippen LogP contribution in [0.1, 0.15) is 33.6 Å². The lowest BCUT2D eigenvalue weighted by Gasteiger charge is -2.23. The zero-order valence-corrected chi connectivity index (χ0v) is 8.17. The molecule has 1 heterocycles. The van der Waals surface area contributed by atoms with Gasteiger partial charge in [0.15, 0.2) is 0 Å². The first kappa shape index (κ1) is 9.72. The Balaban J connectivity index is 2.58. The van der Waals surface area contributed by atoms with Gasteiger partial charge in [-0.3, -0.25) is 0 Å². The van der Waals surface area contributed by atoms with Gasteiger partial charge in [-0.1, -0.05) is 20.8 Å². The predicted molar refractivity (Wildman–Crippen MR) is 48.0 cm³/mol.